The Morgan fingerprint density at radius 2 is 1.79 bits per heavy atom. The van der Waals surface area contributed by atoms with Crippen LogP contribution in [0.25, 0.3) is 11.5 Å². The molecule has 0 saturated heterocycles. The van der Waals surface area contributed by atoms with Crippen molar-refractivity contribution in [1.29, 1.82) is 0 Å². The molecule has 0 aliphatic heterocycles. The fraction of sp³-hybridized carbons (Fsp3) is 0.167. The number of hydrogen-bond donors (Lipinski definition) is 1. The molecule has 152 valence electrons. The molecule has 0 spiro atoms. The number of benzene rings is 2. The third-order valence-electron chi connectivity index (χ3n) is 3.50. The summed E-state index contributed by atoms with van der Waals surface area (Å²) >= 11 is 6.89. The Kier molecular flexibility index (Phi) is 6.33. The van der Waals surface area contributed by atoms with E-state index in [4.69, 9.17) is 16.0 Å². The number of aromatic nitrogens is 2. The van der Waals surface area contributed by atoms with Crippen molar-refractivity contribution in [2.75, 3.05) is 5.32 Å². The molecule has 0 aliphatic carbocycles. The van der Waals surface area contributed by atoms with Gasteiger partial charge in [-0.15, -0.1) is 23.4 Å². The van der Waals surface area contributed by atoms with Crippen LogP contribution in [0.3, 0.4) is 0 Å². The zero-order valence-electron chi connectivity index (χ0n) is 14.7. The van der Waals surface area contributed by atoms with Crippen molar-refractivity contribution in [2.45, 2.75) is 23.8 Å². The van der Waals surface area contributed by atoms with Gasteiger partial charge in [0.25, 0.3) is 5.22 Å². The highest BCUT2D eigenvalue weighted by atomic mass is 35.5. The Morgan fingerprint density at radius 1 is 1.14 bits per heavy atom. The lowest BCUT2D eigenvalue weighted by Gasteiger charge is -2.11. The van der Waals surface area contributed by atoms with Gasteiger partial charge in [-0.1, -0.05) is 23.4 Å². The number of carbonyl (C=O) groups is 1. The van der Waals surface area contributed by atoms with E-state index in [9.17, 15) is 18.0 Å². The van der Waals surface area contributed by atoms with E-state index in [0.717, 1.165) is 23.9 Å². The van der Waals surface area contributed by atoms with Crippen molar-refractivity contribution in [3.63, 3.8) is 0 Å². The number of rotatable bonds is 6. The van der Waals surface area contributed by atoms with Crippen LogP contribution >= 0.6 is 23.4 Å². The van der Waals surface area contributed by atoms with Crippen LogP contribution in [-0.2, 0) is 4.79 Å². The van der Waals surface area contributed by atoms with Crippen LogP contribution in [0.4, 0.5) is 18.9 Å². The summed E-state index contributed by atoms with van der Waals surface area (Å²) in [6, 6.07) is 11.7. The van der Waals surface area contributed by atoms with Crippen LogP contribution < -0.4 is 10.1 Å². The molecule has 1 atom stereocenters. The minimum atomic E-state index is -4.77. The number of ether oxygens (including phenoxy) is 1. The number of carbonyl (C=O) groups excluding carboxylic acids is 1. The topological polar surface area (TPSA) is 77.2 Å². The smallest absolute Gasteiger partial charge is 0.411 e. The maximum atomic E-state index is 12.3. The Morgan fingerprint density at radius 3 is 2.41 bits per heavy atom. The van der Waals surface area contributed by atoms with Gasteiger partial charge in [0.1, 0.15) is 5.75 Å². The molecule has 0 radical (unpaired) electrons. The zero-order chi connectivity index (χ0) is 21.0. The third-order valence-corrected chi connectivity index (χ3v) is 4.69. The SMILES string of the molecule is CC(Sc1nnc(-c2ccc(Cl)cc2)o1)C(=O)Nc1ccc(OC(F)(F)F)cc1. The molecule has 3 rings (SSSR count). The van der Waals surface area contributed by atoms with E-state index in [0.29, 0.717) is 16.3 Å². The van der Waals surface area contributed by atoms with Gasteiger partial charge in [0.2, 0.25) is 11.8 Å². The lowest BCUT2D eigenvalue weighted by molar-refractivity contribution is -0.274. The van der Waals surface area contributed by atoms with Crippen LogP contribution in [0.15, 0.2) is 58.2 Å². The average Bonchev–Trinajstić information content (AvgIpc) is 3.11. The van der Waals surface area contributed by atoms with Crippen LogP contribution in [-0.4, -0.2) is 27.7 Å². The molecule has 1 amide bonds. The minimum absolute atomic E-state index is 0.200. The molecule has 1 aromatic heterocycles. The molecule has 6 nitrogen and oxygen atoms in total. The van der Waals surface area contributed by atoms with Crippen LogP contribution in [0.1, 0.15) is 6.92 Å². The Bertz CT molecular complexity index is 979. The summed E-state index contributed by atoms with van der Waals surface area (Å²) in [5.74, 6) is -0.471. The maximum Gasteiger partial charge on any atom is 0.573 e. The summed E-state index contributed by atoms with van der Waals surface area (Å²) in [6.45, 7) is 1.63. The molecule has 2 aromatic carbocycles. The Balaban J connectivity index is 1.57. The van der Waals surface area contributed by atoms with Crippen molar-refractivity contribution >= 4 is 35.0 Å². The number of anilines is 1. The van der Waals surface area contributed by atoms with Crippen LogP contribution in [0, 0.1) is 0 Å². The van der Waals surface area contributed by atoms with Crippen molar-refractivity contribution in [3.8, 4) is 17.2 Å². The summed E-state index contributed by atoms with van der Waals surface area (Å²) in [4.78, 5) is 12.3. The van der Waals surface area contributed by atoms with E-state index < -0.39 is 11.6 Å². The lowest BCUT2D eigenvalue weighted by Crippen LogP contribution is -2.22. The van der Waals surface area contributed by atoms with Crippen molar-refractivity contribution < 1.29 is 27.1 Å². The first kappa shape index (κ1) is 21.0. The molecule has 0 saturated carbocycles. The fourth-order valence-electron chi connectivity index (χ4n) is 2.16. The highest BCUT2D eigenvalue weighted by Crippen LogP contribution is 2.28. The van der Waals surface area contributed by atoms with E-state index in [1.165, 1.54) is 12.1 Å². The predicted molar refractivity (Wildman–Crippen MR) is 102 cm³/mol. The van der Waals surface area contributed by atoms with Gasteiger partial charge in [0, 0.05) is 16.3 Å². The average molecular weight is 444 g/mol. The normalized spacial score (nSPS) is 12.4. The number of amides is 1. The van der Waals surface area contributed by atoms with Crippen LogP contribution in [0.2, 0.25) is 5.02 Å². The predicted octanol–water partition coefficient (Wildman–Crippen LogP) is 5.41. The van der Waals surface area contributed by atoms with Crippen molar-refractivity contribution in [2.24, 2.45) is 0 Å². The van der Waals surface area contributed by atoms with Gasteiger partial charge >= 0.3 is 6.36 Å². The molecule has 29 heavy (non-hydrogen) atoms. The summed E-state index contributed by atoms with van der Waals surface area (Å²) in [6.07, 6.45) is -4.77. The van der Waals surface area contributed by atoms with Crippen LogP contribution in [0.5, 0.6) is 5.75 Å². The molecule has 3 aromatic rings. The fourth-order valence-corrected chi connectivity index (χ4v) is 2.96. The Labute approximate surface area is 172 Å². The van der Waals surface area contributed by atoms with E-state index in [-0.39, 0.29) is 22.8 Å². The maximum absolute atomic E-state index is 12.3. The first-order chi connectivity index (χ1) is 13.7. The first-order valence-corrected chi connectivity index (χ1v) is 9.38. The summed E-state index contributed by atoms with van der Waals surface area (Å²) in [5.41, 5.74) is 1.01. The standard InChI is InChI=1S/C18H13ClF3N3O3S/c1-10(15(26)23-13-6-8-14(9-7-13)28-18(20,21)22)29-17-25-24-16(27-17)11-2-4-12(19)5-3-11/h2-10H,1H3,(H,23,26). The van der Waals surface area contributed by atoms with Gasteiger partial charge in [0.15, 0.2) is 0 Å². The number of nitrogens with zero attached hydrogens (tertiary/aromatic N) is 2. The number of alkyl halides is 3. The minimum Gasteiger partial charge on any atom is -0.411 e. The number of halogens is 4. The van der Waals surface area contributed by atoms with Crippen molar-refractivity contribution in [3.05, 3.63) is 53.6 Å². The number of nitrogens with one attached hydrogen (secondary N) is 1. The molecule has 1 N–H and O–H groups in total. The largest absolute Gasteiger partial charge is 0.573 e. The van der Waals surface area contributed by atoms with Gasteiger partial charge in [-0.2, -0.15) is 0 Å². The lowest BCUT2D eigenvalue weighted by atomic mass is 10.2. The monoisotopic (exact) mass is 443 g/mol. The molecular formula is C18H13ClF3N3O3S. The zero-order valence-corrected chi connectivity index (χ0v) is 16.3. The quantitative estimate of drug-likeness (QED) is 0.513. The van der Waals surface area contributed by atoms with Gasteiger partial charge < -0.3 is 14.5 Å². The molecule has 1 heterocycles. The second kappa shape index (κ2) is 8.75. The summed E-state index contributed by atoms with van der Waals surface area (Å²) in [7, 11) is 0. The number of thioether (sulfide) groups is 1. The molecule has 0 fully saturated rings. The van der Waals surface area contributed by atoms with E-state index in [1.807, 2.05) is 0 Å². The molecular weight excluding hydrogens is 431 g/mol. The Hall–Kier alpha value is -2.72. The second-order valence-electron chi connectivity index (χ2n) is 5.70. The molecule has 0 bridgehead atoms. The van der Waals surface area contributed by atoms with E-state index in [2.05, 4.69) is 20.3 Å². The third kappa shape index (κ3) is 6.13. The van der Waals surface area contributed by atoms with Crippen molar-refractivity contribution in [1.82, 2.24) is 10.2 Å². The first-order valence-electron chi connectivity index (χ1n) is 8.12. The molecule has 1 unspecified atom stereocenters. The molecule has 11 heteroatoms. The summed E-state index contributed by atoms with van der Waals surface area (Å²) in [5, 5.41) is 10.6. The highest BCUT2D eigenvalue weighted by molar-refractivity contribution is 8.00. The van der Waals surface area contributed by atoms with Gasteiger partial charge in [0.05, 0.1) is 5.25 Å². The van der Waals surface area contributed by atoms with Gasteiger partial charge in [-0.25, -0.2) is 0 Å². The highest BCUT2D eigenvalue weighted by Gasteiger charge is 2.31. The van der Waals surface area contributed by atoms with E-state index >= 15 is 0 Å². The molecule has 0 aliphatic rings. The van der Waals surface area contributed by atoms with E-state index in [1.54, 1.807) is 31.2 Å². The summed E-state index contributed by atoms with van der Waals surface area (Å²) < 4.78 is 45.8. The van der Waals surface area contributed by atoms with Gasteiger partial charge in [-0.05, 0) is 55.5 Å². The second-order valence-corrected chi connectivity index (χ2v) is 7.43. The van der Waals surface area contributed by atoms with Gasteiger partial charge in [-0.3, -0.25) is 4.79 Å². The number of hydrogen-bond acceptors (Lipinski definition) is 6.